The summed E-state index contributed by atoms with van der Waals surface area (Å²) in [6.07, 6.45) is 0.601. The normalized spacial score (nSPS) is 11.3. The Morgan fingerprint density at radius 3 is 1.83 bits per heavy atom. The molecule has 0 aliphatic heterocycles. The minimum Gasteiger partial charge on any atom is -0.318 e. The summed E-state index contributed by atoms with van der Waals surface area (Å²) in [5, 5.41) is 36.0. The van der Waals surface area contributed by atoms with Crippen molar-refractivity contribution in [2.24, 2.45) is 10.6 Å². The van der Waals surface area contributed by atoms with Gasteiger partial charge in [-0.05, 0) is 20.8 Å². The molecular weight excluding hydrogens is 328 g/mol. The zero-order valence-corrected chi connectivity index (χ0v) is 12.8. The van der Waals surface area contributed by atoms with Crippen LogP contribution in [0.25, 0.3) is 0 Å². The van der Waals surface area contributed by atoms with E-state index in [4.69, 9.17) is 0 Å². The van der Waals surface area contributed by atoms with Crippen molar-refractivity contribution >= 4 is 29.2 Å². The van der Waals surface area contributed by atoms with E-state index in [9.17, 15) is 35.1 Å². The molecule has 0 aliphatic carbocycles. The zero-order chi connectivity index (χ0) is 18.7. The second-order valence-corrected chi connectivity index (χ2v) is 5.53. The number of nitro benzene ring substituents is 3. The minimum atomic E-state index is -1.03. The summed E-state index contributed by atoms with van der Waals surface area (Å²) in [5.41, 5.74) is -4.18. The summed E-state index contributed by atoms with van der Waals surface area (Å²) < 4.78 is 0. The number of benzene rings is 1. The van der Waals surface area contributed by atoms with Crippen molar-refractivity contribution in [2.75, 3.05) is 0 Å². The fourth-order valence-electron chi connectivity index (χ4n) is 1.41. The monoisotopic (exact) mass is 340 g/mol. The van der Waals surface area contributed by atoms with Gasteiger partial charge >= 0.3 is 5.97 Å². The van der Waals surface area contributed by atoms with Crippen LogP contribution in [0, 0.1) is 35.8 Å². The Morgan fingerprint density at radius 1 is 1.04 bits per heavy atom. The second kappa shape index (κ2) is 6.76. The predicted octanol–water partition coefficient (Wildman–Crippen LogP) is 2.33. The molecule has 0 saturated heterocycles. The molecule has 0 aliphatic rings. The van der Waals surface area contributed by atoms with Crippen LogP contribution in [0.1, 0.15) is 26.3 Å². The van der Waals surface area contributed by atoms with Gasteiger partial charge in [-0.2, -0.15) is 0 Å². The highest BCUT2D eigenvalue weighted by atomic mass is 16.7. The van der Waals surface area contributed by atoms with Gasteiger partial charge in [0, 0.05) is 0 Å². The average Bonchev–Trinajstić information content (AvgIpc) is 2.45. The first-order valence-electron chi connectivity index (χ1n) is 6.31. The Bertz CT molecular complexity index is 715. The molecular formula is C12H12N4O8. The summed E-state index contributed by atoms with van der Waals surface area (Å²) in [6, 6.07) is 1.11. The van der Waals surface area contributed by atoms with Crippen LogP contribution in [-0.2, 0) is 9.63 Å². The van der Waals surface area contributed by atoms with Crippen molar-refractivity contribution in [1.82, 2.24) is 0 Å². The van der Waals surface area contributed by atoms with Crippen LogP contribution >= 0.6 is 0 Å². The molecule has 24 heavy (non-hydrogen) atoms. The fraction of sp³-hybridized carbons (Fsp3) is 0.333. The van der Waals surface area contributed by atoms with Gasteiger partial charge in [0.05, 0.1) is 38.5 Å². The molecule has 12 heteroatoms. The van der Waals surface area contributed by atoms with E-state index < -0.39 is 48.8 Å². The van der Waals surface area contributed by atoms with Gasteiger partial charge in [-0.3, -0.25) is 30.3 Å². The highest BCUT2D eigenvalue weighted by Crippen LogP contribution is 2.32. The first-order chi connectivity index (χ1) is 10.9. The van der Waals surface area contributed by atoms with Crippen molar-refractivity contribution in [2.45, 2.75) is 20.8 Å². The summed E-state index contributed by atoms with van der Waals surface area (Å²) in [4.78, 5) is 45.8. The standard InChI is InChI=1S/C12H12N4O8/c1-12(2,3)11(17)24-13-6-8-9(15(20)21)4-7(14(18)19)5-10(8)16(22)23/h4-6H,1-3H3/b13-6+. The van der Waals surface area contributed by atoms with E-state index in [0.29, 0.717) is 18.3 Å². The highest BCUT2D eigenvalue weighted by molar-refractivity contribution is 5.92. The van der Waals surface area contributed by atoms with Crippen molar-refractivity contribution < 1.29 is 24.4 Å². The van der Waals surface area contributed by atoms with Crippen LogP contribution in [0.5, 0.6) is 0 Å². The molecule has 0 saturated carbocycles. The van der Waals surface area contributed by atoms with E-state index >= 15 is 0 Å². The third-order valence-electron chi connectivity index (χ3n) is 2.66. The van der Waals surface area contributed by atoms with Gasteiger partial charge in [0.15, 0.2) is 5.56 Å². The smallest absolute Gasteiger partial charge is 0.318 e. The van der Waals surface area contributed by atoms with Crippen LogP contribution in [-0.4, -0.2) is 27.0 Å². The second-order valence-electron chi connectivity index (χ2n) is 5.53. The Labute approximate surface area is 134 Å². The van der Waals surface area contributed by atoms with Gasteiger partial charge in [-0.1, -0.05) is 5.16 Å². The molecule has 0 N–H and O–H groups in total. The molecule has 1 rings (SSSR count). The van der Waals surface area contributed by atoms with Crippen molar-refractivity contribution in [3.8, 4) is 0 Å². The van der Waals surface area contributed by atoms with Crippen LogP contribution < -0.4 is 0 Å². The number of carbonyl (C=O) groups is 1. The lowest BCUT2D eigenvalue weighted by Crippen LogP contribution is -2.21. The van der Waals surface area contributed by atoms with E-state index in [1.807, 2.05) is 0 Å². The molecule has 0 aromatic heterocycles. The lowest BCUT2D eigenvalue weighted by Gasteiger charge is -2.12. The fourth-order valence-corrected chi connectivity index (χ4v) is 1.41. The highest BCUT2D eigenvalue weighted by Gasteiger charge is 2.30. The maximum Gasteiger partial charge on any atom is 0.340 e. The molecule has 0 heterocycles. The molecule has 0 radical (unpaired) electrons. The molecule has 12 nitrogen and oxygen atoms in total. The van der Waals surface area contributed by atoms with Crippen molar-refractivity contribution in [3.05, 3.63) is 48.0 Å². The molecule has 0 bridgehead atoms. The number of nitro groups is 3. The third-order valence-corrected chi connectivity index (χ3v) is 2.66. The van der Waals surface area contributed by atoms with Crippen molar-refractivity contribution in [3.63, 3.8) is 0 Å². The lowest BCUT2D eigenvalue weighted by atomic mass is 9.98. The molecule has 0 amide bonds. The molecule has 0 fully saturated rings. The van der Waals surface area contributed by atoms with E-state index in [1.54, 1.807) is 0 Å². The van der Waals surface area contributed by atoms with E-state index in [0.717, 1.165) is 0 Å². The summed E-state index contributed by atoms with van der Waals surface area (Å²) in [6.45, 7) is 4.59. The summed E-state index contributed by atoms with van der Waals surface area (Å²) in [7, 11) is 0. The van der Waals surface area contributed by atoms with Crippen molar-refractivity contribution in [1.29, 1.82) is 0 Å². The molecule has 0 unspecified atom stereocenters. The minimum absolute atomic E-state index is 0.555. The van der Waals surface area contributed by atoms with Crippen LogP contribution in [0.4, 0.5) is 17.1 Å². The third kappa shape index (κ3) is 4.28. The maximum absolute atomic E-state index is 11.5. The number of hydrogen-bond donors (Lipinski definition) is 0. The van der Waals surface area contributed by atoms with Crippen LogP contribution in [0.15, 0.2) is 17.3 Å². The Hall–Kier alpha value is -3.44. The largest absolute Gasteiger partial charge is 0.340 e. The predicted molar refractivity (Wildman–Crippen MR) is 79.5 cm³/mol. The molecule has 0 atom stereocenters. The Morgan fingerprint density at radius 2 is 1.50 bits per heavy atom. The number of hydrogen-bond acceptors (Lipinski definition) is 9. The average molecular weight is 340 g/mol. The number of non-ortho nitro benzene ring substituents is 1. The molecule has 0 spiro atoms. The number of carbonyl (C=O) groups excluding carboxylic acids is 1. The lowest BCUT2D eigenvalue weighted by molar-refractivity contribution is -0.403. The van der Waals surface area contributed by atoms with Crippen LogP contribution in [0.3, 0.4) is 0 Å². The zero-order valence-electron chi connectivity index (χ0n) is 12.8. The van der Waals surface area contributed by atoms with Gasteiger partial charge in [0.1, 0.15) is 0 Å². The molecule has 1 aromatic carbocycles. The topological polar surface area (TPSA) is 168 Å². The molecule has 1 aromatic rings. The van der Waals surface area contributed by atoms with E-state index in [1.165, 1.54) is 20.8 Å². The van der Waals surface area contributed by atoms with Gasteiger partial charge in [0.2, 0.25) is 0 Å². The van der Waals surface area contributed by atoms with Gasteiger partial charge in [-0.25, -0.2) is 4.79 Å². The SMILES string of the molecule is CC(C)(C)C(=O)O/N=C/c1c([N+](=O)[O-])cc([N+](=O)[O-])cc1[N+](=O)[O-]. The first-order valence-corrected chi connectivity index (χ1v) is 6.31. The van der Waals surface area contributed by atoms with Crippen LogP contribution in [0.2, 0.25) is 0 Å². The maximum atomic E-state index is 11.5. The number of rotatable bonds is 5. The Balaban J connectivity index is 3.39. The summed E-state index contributed by atoms with van der Waals surface area (Å²) >= 11 is 0. The van der Waals surface area contributed by atoms with E-state index in [2.05, 4.69) is 9.99 Å². The first kappa shape index (κ1) is 18.6. The Kier molecular flexibility index (Phi) is 5.25. The molecule has 128 valence electrons. The van der Waals surface area contributed by atoms with Gasteiger partial charge in [0.25, 0.3) is 17.1 Å². The quantitative estimate of drug-likeness (QED) is 0.340. The number of oxime groups is 1. The van der Waals surface area contributed by atoms with E-state index in [-0.39, 0.29) is 0 Å². The van der Waals surface area contributed by atoms with Gasteiger partial charge in [-0.15, -0.1) is 0 Å². The van der Waals surface area contributed by atoms with Gasteiger partial charge < -0.3 is 4.84 Å². The summed E-state index contributed by atoms with van der Waals surface area (Å²) in [5.74, 6) is -0.772. The number of nitrogens with zero attached hydrogens (tertiary/aromatic N) is 4.